The quantitative estimate of drug-likeness (QED) is 0.144. The summed E-state index contributed by atoms with van der Waals surface area (Å²) in [6, 6.07) is 6.48. The van der Waals surface area contributed by atoms with Crippen LogP contribution >= 0.6 is 0 Å². The molecule has 2 aliphatic rings. The highest BCUT2D eigenvalue weighted by Crippen LogP contribution is 2.49. The van der Waals surface area contributed by atoms with Gasteiger partial charge >= 0.3 is 0 Å². The predicted molar refractivity (Wildman–Crippen MR) is 543 cm³/mol. The summed E-state index contributed by atoms with van der Waals surface area (Å²) in [5, 5.41) is 15.4. The molecule has 16 nitrogen and oxygen atoms in total. The van der Waals surface area contributed by atoms with Crippen molar-refractivity contribution in [2.24, 2.45) is 15.9 Å². The Morgan fingerprint density at radius 1 is 0.294 bits per heavy atom. The molecule has 12 heterocycles. The molecule has 0 saturated heterocycles. The summed E-state index contributed by atoms with van der Waals surface area (Å²) < 4.78 is 11.3. The number of allylic oxidation sites excluding steroid dienone is 2. The molecule has 16 heteroatoms. The van der Waals surface area contributed by atoms with Crippen LogP contribution in [0.25, 0.3) is 44.0 Å². The lowest BCUT2D eigenvalue weighted by Gasteiger charge is -2.45. The molecule has 0 radical (unpaired) electrons. The molecule has 10 aromatic heterocycles. The van der Waals surface area contributed by atoms with Crippen molar-refractivity contribution in [3.63, 3.8) is 0 Å². The van der Waals surface area contributed by atoms with E-state index < -0.39 is 0 Å². The minimum atomic E-state index is -0.0318. The Labute approximate surface area is 766 Å². The second kappa shape index (κ2) is 34.4. The number of imidazole rings is 2. The topological polar surface area (TPSA) is 146 Å². The monoisotopic (exact) mass is 1720 g/mol. The summed E-state index contributed by atoms with van der Waals surface area (Å²) in [4.78, 5) is 35.9. The first-order valence-electron chi connectivity index (χ1n) is 46.7. The van der Waals surface area contributed by atoms with E-state index in [0.29, 0.717) is 0 Å². The average molecular weight is 1720 g/mol. The maximum Gasteiger partial charge on any atom is 0.146 e. The summed E-state index contributed by atoms with van der Waals surface area (Å²) in [5.41, 5.74) is 22.0. The van der Waals surface area contributed by atoms with Gasteiger partial charge in [-0.25, -0.2) is 34.4 Å². The van der Waals surface area contributed by atoms with Crippen LogP contribution in [0.2, 0.25) is 0 Å². The lowest BCUT2D eigenvalue weighted by molar-refractivity contribution is 0.0793. The fourth-order valence-electron chi connectivity index (χ4n) is 16.6. The van der Waals surface area contributed by atoms with Crippen LogP contribution in [0.4, 0.5) is 0 Å². The van der Waals surface area contributed by atoms with Gasteiger partial charge in [-0.15, -0.1) is 0 Å². The van der Waals surface area contributed by atoms with Crippen LogP contribution < -0.4 is 0 Å². The number of rotatable bonds is 0. The number of hydrogen-bond acceptors (Lipinski definition) is 11. The van der Waals surface area contributed by atoms with E-state index in [1.54, 1.807) is 6.33 Å². The molecule has 0 spiro atoms. The summed E-state index contributed by atoms with van der Waals surface area (Å²) in [7, 11) is 0. The van der Waals surface area contributed by atoms with Gasteiger partial charge in [0, 0.05) is 144 Å². The normalized spacial score (nSPS) is 15.5. The maximum absolute atomic E-state index is 5.03. The van der Waals surface area contributed by atoms with Gasteiger partial charge in [0.2, 0.25) is 0 Å². The molecule has 0 aromatic carbocycles. The van der Waals surface area contributed by atoms with Gasteiger partial charge in [0.15, 0.2) is 0 Å². The Morgan fingerprint density at radius 3 is 1.10 bits per heavy atom. The van der Waals surface area contributed by atoms with Crippen molar-refractivity contribution < 1.29 is 0 Å². The van der Waals surface area contributed by atoms with Crippen molar-refractivity contribution in [3.05, 3.63) is 166 Å². The van der Waals surface area contributed by atoms with Gasteiger partial charge in [-0.05, 0) is 173 Å². The number of fused-ring (bicyclic) bond motifs is 6. The smallest absolute Gasteiger partial charge is 0.146 e. The molecule has 0 saturated carbocycles. The Bertz CT molecular complexity index is 4890. The molecule has 2 aliphatic heterocycles. The third kappa shape index (κ3) is 23.4. The molecule has 0 aliphatic carbocycles. The fraction of sp³-hybridized carbons (Fsp3) is 0.664. The Morgan fingerprint density at radius 2 is 0.683 bits per heavy atom. The van der Waals surface area contributed by atoms with Crippen LogP contribution in [-0.2, 0) is 81.6 Å². The van der Waals surface area contributed by atoms with E-state index in [4.69, 9.17) is 19.9 Å². The van der Waals surface area contributed by atoms with Crippen LogP contribution in [0.3, 0.4) is 0 Å². The lowest BCUT2D eigenvalue weighted by atomic mass is 9.80. The lowest BCUT2D eigenvalue weighted by Crippen LogP contribution is -2.51. The van der Waals surface area contributed by atoms with Gasteiger partial charge in [-0.2, -0.15) is 10.2 Å². The van der Waals surface area contributed by atoms with Crippen molar-refractivity contribution in [1.82, 2.24) is 72.5 Å². The van der Waals surface area contributed by atoms with Crippen LogP contribution in [0, 0.1) is 10.8 Å². The Hall–Kier alpha value is -8.01. The zero-order valence-electron chi connectivity index (χ0n) is 90.4. The van der Waals surface area contributed by atoms with E-state index in [2.05, 4.69) is 481 Å². The van der Waals surface area contributed by atoms with Gasteiger partial charge in [0.25, 0.3) is 0 Å². The summed E-state index contributed by atoms with van der Waals surface area (Å²) in [6.45, 7) is 121. The zero-order chi connectivity index (χ0) is 97.3. The van der Waals surface area contributed by atoms with Crippen molar-refractivity contribution in [2.75, 3.05) is 0 Å². The molecule has 126 heavy (non-hydrogen) atoms. The van der Waals surface area contributed by atoms with Crippen LogP contribution in [0.5, 0.6) is 0 Å². The number of hydrazone groups is 1. The van der Waals surface area contributed by atoms with Crippen molar-refractivity contribution in [2.45, 2.75) is 467 Å². The van der Waals surface area contributed by atoms with E-state index in [1.165, 1.54) is 77.5 Å². The van der Waals surface area contributed by atoms with E-state index in [9.17, 15) is 0 Å². The highest BCUT2D eigenvalue weighted by molar-refractivity contribution is 5.89. The number of nitrogens with zero attached hydrogens (tertiary/aromatic N) is 16. The summed E-state index contributed by atoms with van der Waals surface area (Å²) >= 11 is 0. The minimum Gasteiger partial charge on any atom is -0.346 e. The van der Waals surface area contributed by atoms with Gasteiger partial charge in [0.05, 0.1) is 50.7 Å². The minimum absolute atomic E-state index is 0.00220. The first-order valence-corrected chi connectivity index (χ1v) is 46.7. The highest BCUT2D eigenvalue weighted by atomic mass is 15.6. The molecule has 0 bridgehead atoms. The molecule has 0 amide bonds. The molecule has 698 valence electrons. The third-order valence-corrected chi connectivity index (χ3v) is 23.3. The van der Waals surface area contributed by atoms with E-state index in [1.807, 2.05) is 37.2 Å². The van der Waals surface area contributed by atoms with Crippen LogP contribution in [-0.4, -0.2) is 90.4 Å². The van der Waals surface area contributed by atoms with Crippen molar-refractivity contribution >= 4 is 50.2 Å². The Kier molecular flexibility index (Phi) is 28.7. The van der Waals surface area contributed by atoms with Gasteiger partial charge in [0.1, 0.15) is 35.4 Å². The summed E-state index contributed by atoms with van der Waals surface area (Å²) in [5.74, 6) is 2.14. The first-order chi connectivity index (χ1) is 56.0. The standard InChI is InChI=1S/2C19H30N2.2C18H29N3.C18H31N3.C18H29N3/c1-17(2,3)13-12-21(19(7,8)9)14-10-11-20-16(15(13)14)18(4,5)6;1-17(2,3)13-10-11-20-16-15(13)14(18(4,5)6)12-21(16)19(7,8)9;1-16(2,3)12-10-21(18(7,8)9)15-13(12)14(17(4,5)6)19-11-20-15;1-16(2,3)13-12-14(17(4,5)6)20-15(18(7,8)9)21(12)11-10-19-13;1-16(2,3)13-10-11-19-21-14(17(4,5)6)12-20(15(13)21)18(7,8)9;1-16(2,3)12-10-11-19-21-13(12)14(17(4,5)6)20-15(21)18(7,8)9/h2*10-12H,1-9H3;2*10-11H,1-9H3;10-12,15H,1-9H3;10-11H,1-9H3. The zero-order valence-corrected chi connectivity index (χ0v) is 90.4. The molecule has 1 atom stereocenters. The molecular formula is C110H178N16. The highest BCUT2D eigenvalue weighted by Gasteiger charge is 2.47. The van der Waals surface area contributed by atoms with E-state index >= 15 is 0 Å². The third-order valence-electron chi connectivity index (χ3n) is 23.3. The predicted octanol–water partition coefficient (Wildman–Crippen LogP) is 29.4. The SMILES string of the molecule is CC(C)(C)C1=CC=NN2C(C(C)(C)C)=CN(C(C)(C)C)C12.CC(C)(C)c1ccnc2c1c(C(C)(C)C)cn2C(C)(C)C.CC(C)(C)c1ccnn2c(C(C)(C)C)nc(C(C)(C)C)c12.CC(C)(C)c1cn(C(C)(C)C)c2ccnc(C(C)(C)C)c12.CC(C)(C)c1cn(C(C)(C)C)c2ncnc(C(C)(C)C)c12.CC(C)(C)c1nccn2c(C(C)(C)C)nc(C(C)(C)C)c12. The van der Waals surface area contributed by atoms with Crippen LogP contribution in [0.1, 0.15) is 442 Å². The molecule has 1 unspecified atom stereocenters. The molecule has 0 fully saturated rings. The van der Waals surface area contributed by atoms with Crippen molar-refractivity contribution in [3.8, 4) is 0 Å². The largest absolute Gasteiger partial charge is 0.346 e. The number of aromatic nitrogens is 13. The second-order valence-corrected chi connectivity index (χ2v) is 54.5. The van der Waals surface area contributed by atoms with Crippen molar-refractivity contribution in [1.29, 1.82) is 0 Å². The Balaban J connectivity index is 0.000000207. The fourth-order valence-corrected chi connectivity index (χ4v) is 16.6. The molecule has 0 N–H and O–H groups in total. The molecular weight excluding hydrogens is 1550 g/mol. The number of hydrogen-bond donors (Lipinski definition) is 0. The van der Waals surface area contributed by atoms with E-state index in [0.717, 1.165) is 45.7 Å². The van der Waals surface area contributed by atoms with Gasteiger partial charge in [-0.3, -0.25) is 14.4 Å². The summed E-state index contributed by atoms with van der Waals surface area (Å²) in [6.07, 6.45) is 25.0. The second-order valence-electron chi connectivity index (χ2n) is 54.5. The van der Waals surface area contributed by atoms with Gasteiger partial charge < -0.3 is 18.6 Å². The number of pyridine rings is 2. The average Bonchev–Trinajstić information content (AvgIpc) is 1.62. The molecule has 10 aromatic rings. The van der Waals surface area contributed by atoms with E-state index in [-0.39, 0.29) is 104 Å². The maximum atomic E-state index is 5.03. The first kappa shape index (κ1) is 105. The van der Waals surface area contributed by atoms with Crippen LogP contribution in [0.15, 0.2) is 103 Å². The molecule has 12 rings (SSSR count). The van der Waals surface area contributed by atoms with Gasteiger partial charge in [-0.1, -0.05) is 291 Å².